The van der Waals surface area contributed by atoms with Gasteiger partial charge in [-0.05, 0) is 46.4 Å². The van der Waals surface area contributed by atoms with Gasteiger partial charge in [-0.2, -0.15) is 0 Å². The van der Waals surface area contributed by atoms with Crippen LogP contribution in [0.4, 0.5) is 0 Å². The van der Waals surface area contributed by atoms with E-state index in [4.69, 9.17) is 9.84 Å². The molecule has 0 bridgehead atoms. The molecule has 4 nitrogen and oxygen atoms in total. The number of carboxylic acids is 1. The second-order valence-electron chi connectivity index (χ2n) is 7.46. The molecule has 0 aromatic heterocycles. The van der Waals surface area contributed by atoms with E-state index in [0.29, 0.717) is 12.4 Å². The van der Waals surface area contributed by atoms with Gasteiger partial charge >= 0.3 is 5.97 Å². The third-order valence-corrected chi connectivity index (χ3v) is 5.58. The van der Waals surface area contributed by atoms with E-state index in [1.807, 2.05) is 54.6 Å². The van der Waals surface area contributed by atoms with Crippen LogP contribution in [0.5, 0.6) is 11.5 Å². The number of aromatic hydroxyl groups is 1. The van der Waals surface area contributed by atoms with Crippen LogP contribution in [0.15, 0.2) is 78.9 Å². The molecule has 0 radical (unpaired) electrons. The number of allylic oxidation sites excluding steroid dienone is 1. The van der Waals surface area contributed by atoms with Gasteiger partial charge in [-0.25, -0.2) is 4.79 Å². The van der Waals surface area contributed by atoms with Gasteiger partial charge in [-0.1, -0.05) is 73.7 Å². The van der Waals surface area contributed by atoms with Gasteiger partial charge in [0.25, 0.3) is 0 Å². The minimum Gasteiger partial charge on any atom is -0.504 e. The van der Waals surface area contributed by atoms with Crippen LogP contribution < -0.4 is 4.74 Å². The molecule has 0 saturated carbocycles. The molecule has 0 fully saturated rings. The smallest absolute Gasteiger partial charge is 0.328 e. The van der Waals surface area contributed by atoms with E-state index in [-0.39, 0.29) is 11.7 Å². The summed E-state index contributed by atoms with van der Waals surface area (Å²) in [4.78, 5) is 10.8. The fourth-order valence-corrected chi connectivity index (χ4v) is 4.19. The van der Waals surface area contributed by atoms with Crippen molar-refractivity contribution in [1.29, 1.82) is 0 Å². The lowest BCUT2D eigenvalue weighted by Crippen LogP contribution is -2.07. The van der Waals surface area contributed by atoms with Gasteiger partial charge in [0.2, 0.25) is 0 Å². The lowest BCUT2D eigenvalue weighted by atomic mass is 9.82. The second-order valence-corrected chi connectivity index (χ2v) is 7.46. The average molecular weight is 412 g/mol. The number of benzene rings is 3. The fraction of sp³-hybridized carbons (Fsp3) is 0.148. The molecular formula is C27H24O4. The van der Waals surface area contributed by atoms with Crippen molar-refractivity contribution in [1.82, 2.24) is 0 Å². The molecule has 3 aromatic carbocycles. The Balaban J connectivity index is 1.87. The third-order valence-electron chi connectivity index (χ3n) is 5.58. The predicted molar refractivity (Wildman–Crippen MR) is 123 cm³/mol. The van der Waals surface area contributed by atoms with E-state index < -0.39 is 5.97 Å². The molecule has 4 rings (SSSR count). The van der Waals surface area contributed by atoms with E-state index in [0.717, 1.165) is 40.3 Å². The number of carboxylic acid groups (broad SMARTS) is 1. The van der Waals surface area contributed by atoms with Crippen LogP contribution in [0.2, 0.25) is 0 Å². The number of phenolic OH excluding ortho intramolecular Hbond substituents is 1. The molecule has 31 heavy (non-hydrogen) atoms. The van der Waals surface area contributed by atoms with Gasteiger partial charge in [0.05, 0.1) is 6.61 Å². The molecule has 3 aromatic rings. The van der Waals surface area contributed by atoms with Crippen LogP contribution in [0.3, 0.4) is 0 Å². The normalized spacial score (nSPS) is 16.0. The summed E-state index contributed by atoms with van der Waals surface area (Å²) in [5, 5.41) is 19.1. The number of carbonyl (C=O) groups is 1. The molecule has 0 amide bonds. The summed E-state index contributed by atoms with van der Waals surface area (Å²) in [7, 11) is 0. The first-order chi connectivity index (χ1) is 15.1. The van der Waals surface area contributed by atoms with Crippen molar-refractivity contribution in [3.63, 3.8) is 0 Å². The van der Waals surface area contributed by atoms with Crippen molar-refractivity contribution < 1.29 is 19.7 Å². The maximum atomic E-state index is 10.8. The van der Waals surface area contributed by atoms with E-state index in [2.05, 4.69) is 19.1 Å². The molecule has 0 saturated heterocycles. The van der Waals surface area contributed by atoms with Crippen molar-refractivity contribution in [2.45, 2.75) is 19.3 Å². The topological polar surface area (TPSA) is 66.8 Å². The average Bonchev–Trinajstić information content (AvgIpc) is 3.22. The monoisotopic (exact) mass is 412 g/mol. The Bertz CT molecular complexity index is 1140. The quantitative estimate of drug-likeness (QED) is 0.386. The highest BCUT2D eigenvalue weighted by atomic mass is 16.5. The van der Waals surface area contributed by atoms with Crippen LogP contribution in [-0.2, 0) is 4.79 Å². The standard InChI is InChI=1S/C27H24O4/c1-2-21(19-7-4-3-5-8-19)26(20-14-11-18(12-15-20)13-16-25(29)30)23-17-31-27-22(23)9-6-10-24(27)28/h3-16,23,28H,2,17H2,1H3,(H,29,30)/b16-13+,26-21+. The molecular weight excluding hydrogens is 388 g/mol. The highest BCUT2D eigenvalue weighted by molar-refractivity contribution is 5.94. The van der Waals surface area contributed by atoms with Crippen molar-refractivity contribution in [3.05, 3.63) is 101 Å². The van der Waals surface area contributed by atoms with Crippen molar-refractivity contribution >= 4 is 23.2 Å². The Hall–Kier alpha value is -3.79. The summed E-state index contributed by atoms with van der Waals surface area (Å²) in [5.41, 5.74) is 6.39. The molecule has 156 valence electrons. The molecule has 1 heterocycles. The highest BCUT2D eigenvalue weighted by Crippen LogP contribution is 2.48. The Morgan fingerprint density at radius 1 is 1.00 bits per heavy atom. The Kier molecular flexibility index (Phi) is 5.89. The zero-order valence-corrected chi connectivity index (χ0v) is 17.3. The number of phenols is 1. The molecule has 1 atom stereocenters. The van der Waals surface area contributed by atoms with Crippen LogP contribution in [-0.4, -0.2) is 22.8 Å². The zero-order chi connectivity index (χ0) is 21.8. The highest BCUT2D eigenvalue weighted by Gasteiger charge is 2.31. The molecule has 1 unspecified atom stereocenters. The molecule has 2 N–H and O–H groups in total. The van der Waals surface area contributed by atoms with Crippen LogP contribution in [0.25, 0.3) is 17.2 Å². The summed E-state index contributed by atoms with van der Waals surface area (Å²) in [6, 6.07) is 23.7. The lowest BCUT2D eigenvalue weighted by Gasteiger charge is -2.21. The van der Waals surface area contributed by atoms with Gasteiger partial charge in [0.1, 0.15) is 0 Å². The van der Waals surface area contributed by atoms with Gasteiger partial charge in [-0.3, -0.25) is 0 Å². The summed E-state index contributed by atoms with van der Waals surface area (Å²) in [6.45, 7) is 2.60. The van der Waals surface area contributed by atoms with Crippen molar-refractivity contribution in [2.24, 2.45) is 0 Å². The number of rotatable bonds is 6. The van der Waals surface area contributed by atoms with Crippen LogP contribution >= 0.6 is 0 Å². The first kappa shape index (κ1) is 20.5. The lowest BCUT2D eigenvalue weighted by molar-refractivity contribution is -0.131. The van der Waals surface area contributed by atoms with Crippen LogP contribution in [0.1, 0.15) is 41.5 Å². The van der Waals surface area contributed by atoms with Gasteiger partial charge in [0, 0.05) is 17.6 Å². The maximum absolute atomic E-state index is 10.8. The van der Waals surface area contributed by atoms with E-state index in [1.165, 1.54) is 5.57 Å². The number of ether oxygens (including phenoxy) is 1. The second kappa shape index (κ2) is 8.92. The first-order valence-corrected chi connectivity index (χ1v) is 10.3. The number of fused-ring (bicyclic) bond motifs is 1. The van der Waals surface area contributed by atoms with Crippen LogP contribution in [0, 0.1) is 0 Å². The van der Waals surface area contributed by atoms with Gasteiger partial charge in [0.15, 0.2) is 11.5 Å². The summed E-state index contributed by atoms with van der Waals surface area (Å²) >= 11 is 0. The number of para-hydroxylation sites is 1. The van der Waals surface area contributed by atoms with Crippen molar-refractivity contribution in [3.8, 4) is 11.5 Å². The number of aliphatic carboxylic acids is 1. The zero-order valence-electron chi connectivity index (χ0n) is 17.3. The fourth-order valence-electron chi connectivity index (χ4n) is 4.19. The predicted octanol–water partition coefficient (Wildman–Crippen LogP) is 5.99. The van der Waals surface area contributed by atoms with Crippen molar-refractivity contribution in [2.75, 3.05) is 6.61 Å². The largest absolute Gasteiger partial charge is 0.504 e. The Labute approximate surface area is 181 Å². The summed E-state index contributed by atoms with van der Waals surface area (Å²) in [5.74, 6) is -0.278. The molecule has 0 spiro atoms. The molecule has 1 aliphatic rings. The van der Waals surface area contributed by atoms with Gasteiger partial charge < -0.3 is 14.9 Å². The van der Waals surface area contributed by atoms with Gasteiger partial charge in [-0.15, -0.1) is 0 Å². The molecule has 4 heteroatoms. The summed E-state index contributed by atoms with van der Waals surface area (Å²) in [6.07, 6.45) is 3.56. The van der Waals surface area contributed by atoms with E-state index >= 15 is 0 Å². The third kappa shape index (κ3) is 4.24. The SMILES string of the molecule is CC/C(=C(/c1ccc(/C=C/C(=O)O)cc1)C1COc2c(O)cccc21)c1ccccc1. The van der Waals surface area contributed by atoms with E-state index in [1.54, 1.807) is 12.1 Å². The van der Waals surface area contributed by atoms with E-state index in [9.17, 15) is 9.90 Å². The number of hydrogen-bond acceptors (Lipinski definition) is 3. The minimum absolute atomic E-state index is 0.0160. The molecule has 0 aliphatic carbocycles. The molecule has 1 aliphatic heterocycles. The Morgan fingerprint density at radius 2 is 1.74 bits per heavy atom. The maximum Gasteiger partial charge on any atom is 0.328 e. The minimum atomic E-state index is -0.971. The Morgan fingerprint density at radius 3 is 2.42 bits per heavy atom. The first-order valence-electron chi connectivity index (χ1n) is 10.3. The summed E-state index contributed by atoms with van der Waals surface area (Å²) < 4.78 is 5.90. The number of hydrogen-bond donors (Lipinski definition) is 2.